The number of imidazole rings is 1. The first-order chi connectivity index (χ1) is 14.0. The number of halogens is 1. The van der Waals surface area contributed by atoms with E-state index in [9.17, 15) is 8.42 Å². The van der Waals surface area contributed by atoms with Crippen LogP contribution in [0.15, 0.2) is 84.3 Å². The van der Waals surface area contributed by atoms with Gasteiger partial charge in [0.05, 0.1) is 4.90 Å². The van der Waals surface area contributed by atoms with Crippen LogP contribution in [0.3, 0.4) is 0 Å². The number of aromatic nitrogens is 4. The summed E-state index contributed by atoms with van der Waals surface area (Å²) in [5.74, 6) is 1.45. The fraction of sp³-hybridized carbons (Fsp3) is 0. The molecule has 0 saturated carbocycles. The first-order valence-corrected chi connectivity index (χ1v) is 10.9. The standard InChI is InChI=1S/C19H14IN5O3S/c20-14-1-7-17(8-2-14)29(26,27)24-15-3-5-16(6-4-15)28-19-10-9-18(22-23-19)25-12-11-21-13-25/h1-13,24H. The smallest absolute Gasteiger partial charge is 0.261 e. The van der Waals surface area contributed by atoms with Crippen molar-refractivity contribution in [1.29, 1.82) is 0 Å². The van der Waals surface area contributed by atoms with Crippen molar-refractivity contribution in [1.82, 2.24) is 19.7 Å². The van der Waals surface area contributed by atoms with Crippen LogP contribution in [-0.4, -0.2) is 28.2 Å². The largest absolute Gasteiger partial charge is 0.438 e. The molecule has 146 valence electrons. The van der Waals surface area contributed by atoms with Crippen molar-refractivity contribution >= 4 is 38.3 Å². The zero-order valence-corrected chi connectivity index (χ0v) is 17.8. The average molecular weight is 519 g/mol. The van der Waals surface area contributed by atoms with Gasteiger partial charge in [0.25, 0.3) is 10.0 Å². The summed E-state index contributed by atoms with van der Waals surface area (Å²) in [6.07, 6.45) is 5.04. The Kier molecular flexibility index (Phi) is 5.45. The third-order valence-corrected chi connectivity index (χ3v) is 5.96. The number of hydrogen-bond donors (Lipinski definition) is 1. The summed E-state index contributed by atoms with van der Waals surface area (Å²) in [4.78, 5) is 4.16. The van der Waals surface area contributed by atoms with E-state index in [-0.39, 0.29) is 4.90 Å². The van der Waals surface area contributed by atoms with Gasteiger partial charge in [0, 0.05) is 27.7 Å². The Balaban J connectivity index is 1.43. The lowest BCUT2D eigenvalue weighted by Gasteiger charge is -2.09. The molecule has 0 fully saturated rings. The van der Waals surface area contributed by atoms with Crippen molar-refractivity contribution in [2.75, 3.05) is 4.72 Å². The van der Waals surface area contributed by atoms with Crippen LogP contribution in [-0.2, 0) is 10.0 Å². The van der Waals surface area contributed by atoms with Crippen molar-refractivity contribution in [3.8, 4) is 17.4 Å². The third-order valence-electron chi connectivity index (χ3n) is 3.85. The Morgan fingerprint density at radius 3 is 2.31 bits per heavy atom. The number of nitrogens with zero attached hydrogens (tertiary/aromatic N) is 4. The molecule has 0 aliphatic heterocycles. The molecule has 8 nitrogen and oxygen atoms in total. The molecule has 0 bridgehead atoms. The van der Waals surface area contributed by atoms with Gasteiger partial charge in [0.2, 0.25) is 5.88 Å². The van der Waals surface area contributed by atoms with E-state index in [0.29, 0.717) is 23.1 Å². The van der Waals surface area contributed by atoms with Crippen LogP contribution in [0.25, 0.3) is 5.82 Å². The molecule has 10 heteroatoms. The zero-order valence-electron chi connectivity index (χ0n) is 14.8. The Labute approximate surface area is 180 Å². The van der Waals surface area contributed by atoms with Crippen LogP contribution >= 0.6 is 22.6 Å². The van der Waals surface area contributed by atoms with Gasteiger partial charge >= 0.3 is 0 Å². The predicted octanol–water partition coefficient (Wildman–Crippen LogP) is 3.86. The predicted molar refractivity (Wildman–Crippen MR) is 116 cm³/mol. The van der Waals surface area contributed by atoms with Crippen LogP contribution < -0.4 is 9.46 Å². The molecule has 0 aliphatic rings. The quantitative estimate of drug-likeness (QED) is 0.389. The van der Waals surface area contributed by atoms with Gasteiger partial charge in [-0.2, -0.15) is 0 Å². The van der Waals surface area contributed by atoms with E-state index >= 15 is 0 Å². The minimum absolute atomic E-state index is 0.200. The van der Waals surface area contributed by atoms with Crippen LogP contribution in [0.1, 0.15) is 0 Å². The molecule has 4 rings (SSSR count). The molecule has 1 N–H and O–H groups in total. The Hall–Kier alpha value is -2.99. The summed E-state index contributed by atoms with van der Waals surface area (Å²) in [5.41, 5.74) is 0.428. The van der Waals surface area contributed by atoms with Gasteiger partial charge in [-0.25, -0.2) is 13.4 Å². The summed E-state index contributed by atoms with van der Waals surface area (Å²) < 4.78 is 35.8. The fourth-order valence-corrected chi connectivity index (χ4v) is 3.86. The second-order valence-corrected chi connectivity index (χ2v) is 8.81. The van der Waals surface area contributed by atoms with Crippen LogP contribution in [0.2, 0.25) is 0 Å². The Bertz CT molecular complexity index is 1190. The molecular formula is C19H14IN5O3S. The zero-order chi connectivity index (χ0) is 20.3. The Morgan fingerprint density at radius 1 is 0.931 bits per heavy atom. The molecule has 0 amide bonds. The number of anilines is 1. The molecular weight excluding hydrogens is 505 g/mol. The van der Waals surface area contributed by atoms with E-state index in [1.165, 1.54) is 0 Å². The summed E-state index contributed by atoms with van der Waals surface area (Å²) in [5, 5.41) is 8.10. The number of ether oxygens (including phenoxy) is 1. The molecule has 2 heterocycles. The highest BCUT2D eigenvalue weighted by atomic mass is 127. The van der Waals surface area contributed by atoms with E-state index in [1.807, 2.05) is 0 Å². The number of benzene rings is 2. The highest BCUT2D eigenvalue weighted by molar-refractivity contribution is 14.1. The fourth-order valence-electron chi connectivity index (χ4n) is 2.44. The lowest BCUT2D eigenvalue weighted by Crippen LogP contribution is -2.12. The highest BCUT2D eigenvalue weighted by Crippen LogP contribution is 2.23. The summed E-state index contributed by atoms with van der Waals surface area (Å²) in [7, 11) is -3.65. The van der Waals surface area contributed by atoms with Gasteiger partial charge in [-0.05, 0) is 77.2 Å². The lowest BCUT2D eigenvalue weighted by molar-refractivity contribution is 0.454. The van der Waals surface area contributed by atoms with Crippen molar-refractivity contribution in [3.63, 3.8) is 0 Å². The van der Waals surface area contributed by atoms with Crippen molar-refractivity contribution in [2.24, 2.45) is 0 Å². The van der Waals surface area contributed by atoms with E-state index in [4.69, 9.17) is 4.74 Å². The second kappa shape index (κ2) is 8.17. The summed E-state index contributed by atoms with van der Waals surface area (Å²) in [6, 6.07) is 16.6. The molecule has 2 aromatic heterocycles. The molecule has 0 spiro atoms. The maximum absolute atomic E-state index is 12.4. The minimum Gasteiger partial charge on any atom is -0.438 e. The van der Waals surface area contributed by atoms with Gasteiger partial charge in [-0.3, -0.25) is 9.29 Å². The number of nitrogens with one attached hydrogen (secondary N) is 1. The highest BCUT2D eigenvalue weighted by Gasteiger charge is 2.14. The summed E-state index contributed by atoms with van der Waals surface area (Å²) in [6.45, 7) is 0. The van der Waals surface area contributed by atoms with Gasteiger partial charge < -0.3 is 4.74 Å². The second-order valence-electron chi connectivity index (χ2n) is 5.89. The van der Waals surface area contributed by atoms with Gasteiger partial charge in [-0.15, -0.1) is 10.2 Å². The van der Waals surface area contributed by atoms with Crippen LogP contribution in [0.4, 0.5) is 5.69 Å². The monoisotopic (exact) mass is 519 g/mol. The van der Waals surface area contributed by atoms with Crippen LogP contribution in [0.5, 0.6) is 11.6 Å². The summed E-state index contributed by atoms with van der Waals surface area (Å²) >= 11 is 2.12. The van der Waals surface area contributed by atoms with Gasteiger partial charge in [0.1, 0.15) is 12.1 Å². The maximum atomic E-state index is 12.4. The van der Waals surface area contributed by atoms with Crippen molar-refractivity contribution < 1.29 is 13.2 Å². The minimum atomic E-state index is -3.65. The normalized spacial score (nSPS) is 11.2. The lowest BCUT2D eigenvalue weighted by atomic mass is 10.3. The molecule has 2 aromatic carbocycles. The molecule has 0 saturated heterocycles. The first-order valence-electron chi connectivity index (χ1n) is 8.38. The number of sulfonamides is 1. The number of hydrogen-bond acceptors (Lipinski definition) is 6. The van der Waals surface area contributed by atoms with Crippen LogP contribution in [0, 0.1) is 3.57 Å². The SMILES string of the molecule is O=S(=O)(Nc1ccc(Oc2ccc(-n3ccnc3)nn2)cc1)c1ccc(I)cc1. The van der Waals surface area contributed by atoms with Crippen molar-refractivity contribution in [2.45, 2.75) is 4.90 Å². The topological polar surface area (TPSA) is 99.0 Å². The molecule has 0 aliphatic carbocycles. The maximum Gasteiger partial charge on any atom is 0.261 e. The molecule has 29 heavy (non-hydrogen) atoms. The third kappa shape index (κ3) is 4.71. The van der Waals surface area contributed by atoms with E-state index < -0.39 is 10.0 Å². The van der Waals surface area contributed by atoms with E-state index in [1.54, 1.807) is 84.0 Å². The first kappa shape index (κ1) is 19.3. The van der Waals surface area contributed by atoms with Crippen molar-refractivity contribution in [3.05, 3.63) is 83.0 Å². The molecule has 4 aromatic rings. The van der Waals surface area contributed by atoms with Gasteiger partial charge in [0.15, 0.2) is 5.82 Å². The van der Waals surface area contributed by atoms with E-state index in [2.05, 4.69) is 42.5 Å². The Morgan fingerprint density at radius 2 is 1.69 bits per heavy atom. The molecule has 0 radical (unpaired) electrons. The van der Waals surface area contributed by atoms with Gasteiger partial charge in [-0.1, -0.05) is 0 Å². The molecule has 0 atom stereocenters. The number of rotatable bonds is 6. The molecule has 0 unspecified atom stereocenters. The average Bonchev–Trinajstić information content (AvgIpc) is 3.25. The van der Waals surface area contributed by atoms with E-state index in [0.717, 1.165) is 3.57 Å².